The van der Waals surface area contributed by atoms with Gasteiger partial charge in [-0.1, -0.05) is 18.2 Å². The predicted octanol–water partition coefficient (Wildman–Crippen LogP) is 1.29. The Kier molecular flexibility index (Phi) is 3.92. The predicted molar refractivity (Wildman–Crippen MR) is 87.1 cm³/mol. The van der Waals surface area contributed by atoms with Crippen molar-refractivity contribution in [3.05, 3.63) is 52.4 Å². The maximum absolute atomic E-state index is 13.0. The van der Waals surface area contributed by atoms with Crippen LogP contribution in [0.4, 0.5) is 5.69 Å². The number of anilines is 1. The molecule has 2 heterocycles. The number of aromatic nitrogens is 1. The van der Waals surface area contributed by atoms with Crippen LogP contribution in [-0.4, -0.2) is 31.1 Å². The molecule has 1 unspecified atom stereocenters. The van der Waals surface area contributed by atoms with Crippen molar-refractivity contribution < 1.29 is 18.3 Å². The Labute approximate surface area is 138 Å². The Balaban J connectivity index is 2.32. The van der Waals surface area contributed by atoms with Crippen molar-refractivity contribution in [1.29, 1.82) is 0 Å². The molecule has 126 valence electrons. The van der Waals surface area contributed by atoms with E-state index < -0.39 is 27.4 Å². The van der Waals surface area contributed by atoms with E-state index in [1.807, 2.05) is 0 Å². The first-order valence-corrected chi connectivity index (χ1v) is 8.85. The molecule has 1 aliphatic heterocycles. The number of carboxylic acid groups (broad SMARTS) is 1. The van der Waals surface area contributed by atoms with Crippen LogP contribution in [0.1, 0.15) is 18.2 Å². The van der Waals surface area contributed by atoms with Gasteiger partial charge in [-0.05, 0) is 31.0 Å². The number of carbonyl (C=O) groups is 1. The SMILES string of the molecule is CNc1cc(S(=O)(=O)c2ccccc2)c2n(c1=O)C(C(=O)O)CC2. The molecule has 0 spiro atoms. The van der Waals surface area contributed by atoms with Crippen molar-refractivity contribution >= 4 is 21.5 Å². The van der Waals surface area contributed by atoms with Gasteiger partial charge >= 0.3 is 5.97 Å². The van der Waals surface area contributed by atoms with Gasteiger partial charge in [0.1, 0.15) is 11.7 Å². The van der Waals surface area contributed by atoms with E-state index in [4.69, 9.17) is 0 Å². The van der Waals surface area contributed by atoms with Crippen LogP contribution in [0.15, 0.2) is 51.0 Å². The Bertz CT molecular complexity index is 964. The zero-order valence-corrected chi connectivity index (χ0v) is 13.7. The lowest BCUT2D eigenvalue weighted by molar-refractivity contribution is -0.140. The van der Waals surface area contributed by atoms with E-state index in [1.165, 1.54) is 25.2 Å². The normalized spacial score (nSPS) is 16.6. The van der Waals surface area contributed by atoms with Crippen LogP contribution in [0.5, 0.6) is 0 Å². The number of nitrogens with zero attached hydrogens (tertiary/aromatic N) is 1. The van der Waals surface area contributed by atoms with Gasteiger partial charge in [0.2, 0.25) is 9.84 Å². The number of aliphatic carboxylic acids is 1. The van der Waals surface area contributed by atoms with Crippen molar-refractivity contribution in [2.75, 3.05) is 12.4 Å². The monoisotopic (exact) mass is 348 g/mol. The third-order valence-electron chi connectivity index (χ3n) is 4.16. The van der Waals surface area contributed by atoms with Crippen LogP contribution in [0, 0.1) is 0 Å². The van der Waals surface area contributed by atoms with Gasteiger partial charge in [-0.15, -0.1) is 0 Å². The summed E-state index contributed by atoms with van der Waals surface area (Å²) in [5.41, 5.74) is -0.221. The average molecular weight is 348 g/mol. The third kappa shape index (κ3) is 2.39. The molecular formula is C16H16N2O5S. The van der Waals surface area contributed by atoms with Crippen molar-refractivity contribution in [3.63, 3.8) is 0 Å². The zero-order chi connectivity index (χ0) is 17.5. The number of fused-ring (bicyclic) bond motifs is 1. The highest BCUT2D eigenvalue weighted by Gasteiger charge is 2.35. The second-order valence-electron chi connectivity index (χ2n) is 5.50. The van der Waals surface area contributed by atoms with E-state index in [1.54, 1.807) is 18.2 Å². The van der Waals surface area contributed by atoms with E-state index in [0.717, 1.165) is 4.57 Å². The summed E-state index contributed by atoms with van der Waals surface area (Å²) in [5.74, 6) is -1.15. The molecule has 8 heteroatoms. The summed E-state index contributed by atoms with van der Waals surface area (Å²) >= 11 is 0. The molecule has 2 N–H and O–H groups in total. The highest BCUT2D eigenvalue weighted by atomic mass is 32.2. The topological polar surface area (TPSA) is 105 Å². The largest absolute Gasteiger partial charge is 0.480 e. The number of sulfone groups is 1. The second kappa shape index (κ2) is 5.79. The number of hydrogen-bond donors (Lipinski definition) is 2. The van der Waals surface area contributed by atoms with E-state index in [-0.39, 0.29) is 34.0 Å². The van der Waals surface area contributed by atoms with E-state index >= 15 is 0 Å². The summed E-state index contributed by atoms with van der Waals surface area (Å²) in [4.78, 5) is 24.0. The van der Waals surface area contributed by atoms with Gasteiger partial charge in [0.05, 0.1) is 9.79 Å². The van der Waals surface area contributed by atoms with Crippen molar-refractivity contribution in [2.45, 2.75) is 28.7 Å². The molecule has 0 radical (unpaired) electrons. The summed E-state index contributed by atoms with van der Waals surface area (Å²) in [6.45, 7) is 0. The fraction of sp³-hybridized carbons (Fsp3) is 0.250. The van der Waals surface area contributed by atoms with Crippen LogP contribution < -0.4 is 10.9 Å². The molecule has 0 aliphatic carbocycles. The summed E-state index contributed by atoms with van der Waals surface area (Å²) < 4.78 is 27.0. The molecule has 2 aromatic rings. The molecule has 24 heavy (non-hydrogen) atoms. The van der Waals surface area contributed by atoms with Crippen LogP contribution in [-0.2, 0) is 21.1 Å². The van der Waals surface area contributed by atoms with Crippen LogP contribution in [0.2, 0.25) is 0 Å². The average Bonchev–Trinajstić information content (AvgIpc) is 3.01. The first-order valence-electron chi connectivity index (χ1n) is 7.37. The van der Waals surface area contributed by atoms with E-state index in [9.17, 15) is 23.1 Å². The minimum absolute atomic E-state index is 0.0265. The molecule has 0 saturated carbocycles. The lowest BCUT2D eigenvalue weighted by atomic mass is 10.2. The number of nitrogens with one attached hydrogen (secondary N) is 1. The molecule has 0 fully saturated rings. The fourth-order valence-corrected chi connectivity index (χ4v) is 4.55. The van der Waals surface area contributed by atoms with Crippen LogP contribution in [0.3, 0.4) is 0 Å². The Morgan fingerprint density at radius 3 is 2.54 bits per heavy atom. The molecule has 0 amide bonds. The first kappa shape index (κ1) is 16.3. The van der Waals surface area contributed by atoms with E-state index in [0.29, 0.717) is 0 Å². The van der Waals surface area contributed by atoms with Gasteiger partial charge in [-0.3, -0.25) is 9.36 Å². The van der Waals surface area contributed by atoms with Gasteiger partial charge < -0.3 is 10.4 Å². The summed E-state index contributed by atoms with van der Waals surface area (Å²) in [7, 11) is -2.36. The maximum atomic E-state index is 13.0. The number of carboxylic acids is 1. The quantitative estimate of drug-likeness (QED) is 0.863. The summed E-state index contributed by atoms with van der Waals surface area (Å²) in [5, 5.41) is 12.0. The van der Waals surface area contributed by atoms with Gasteiger partial charge in [0.25, 0.3) is 5.56 Å². The lowest BCUT2D eigenvalue weighted by Gasteiger charge is -2.16. The number of hydrogen-bond acceptors (Lipinski definition) is 5. The smallest absolute Gasteiger partial charge is 0.326 e. The van der Waals surface area contributed by atoms with Crippen LogP contribution in [0.25, 0.3) is 0 Å². The molecule has 3 rings (SSSR count). The highest BCUT2D eigenvalue weighted by molar-refractivity contribution is 7.91. The lowest BCUT2D eigenvalue weighted by Crippen LogP contribution is -2.30. The maximum Gasteiger partial charge on any atom is 0.326 e. The van der Waals surface area contributed by atoms with E-state index in [2.05, 4.69) is 5.32 Å². The van der Waals surface area contributed by atoms with Crippen molar-refractivity contribution in [2.24, 2.45) is 0 Å². The molecule has 0 bridgehead atoms. The molecule has 1 aliphatic rings. The molecular weight excluding hydrogens is 332 g/mol. The highest BCUT2D eigenvalue weighted by Crippen LogP contribution is 2.33. The molecule has 0 saturated heterocycles. The van der Waals surface area contributed by atoms with Crippen molar-refractivity contribution in [3.8, 4) is 0 Å². The van der Waals surface area contributed by atoms with Gasteiger partial charge in [0, 0.05) is 12.7 Å². The second-order valence-corrected chi connectivity index (χ2v) is 7.42. The van der Waals surface area contributed by atoms with Gasteiger partial charge in [0.15, 0.2) is 0 Å². The van der Waals surface area contributed by atoms with Crippen molar-refractivity contribution in [1.82, 2.24) is 4.57 Å². The van der Waals surface area contributed by atoms with Gasteiger partial charge in [-0.25, -0.2) is 13.2 Å². The summed E-state index contributed by atoms with van der Waals surface area (Å²) in [6, 6.07) is 8.12. The Hall–Kier alpha value is -2.61. The number of benzene rings is 1. The zero-order valence-electron chi connectivity index (χ0n) is 12.9. The Morgan fingerprint density at radius 1 is 1.29 bits per heavy atom. The van der Waals surface area contributed by atoms with Gasteiger partial charge in [-0.2, -0.15) is 0 Å². The molecule has 1 atom stereocenters. The molecule has 1 aromatic heterocycles. The first-order chi connectivity index (χ1) is 11.4. The standard InChI is InChI=1S/C16H16N2O5S/c1-17-11-9-14(24(22,23)10-5-3-2-4-6-10)12-7-8-13(16(20)21)18(12)15(11)19/h2-6,9,13,17H,7-8H2,1H3,(H,20,21). The fourth-order valence-electron chi connectivity index (χ4n) is 3.00. The summed E-state index contributed by atoms with van der Waals surface area (Å²) in [6.07, 6.45) is 0.409. The number of pyridine rings is 1. The minimum atomic E-state index is -3.86. The molecule has 1 aromatic carbocycles. The number of rotatable bonds is 4. The third-order valence-corrected chi connectivity index (χ3v) is 5.99. The molecule has 7 nitrogen and oxygen atoms in total. The van der Waals surface area contributed by atoms with Crippen LogP contribution >= 0.6 is 0 Å². The minimum Gasteiger partial charge on any atom is -0.480 e. The Morgan fingerprint density at radius 2 is 1.96 bits per heavy atom.